The van der Waals surface area contributed by atoms with E-state index in [1.165, 1.54) is 0 Å². The van der Waals surface area contributed by atoms with E-state index in [9.17, 15) is 0 Å². The molecule has 0 radical (unpaired) electrons. The maximum absolute atomic E-state index is 4.74. The van der Waals surface area contributed by atoms with E-state index >= 15 is 0 Å². The van der Waals surface area contributed by atoms with Gasteiger partial charge in [0.2, 0.25) is 0 Å². The van der Waals surface area contributed by atoms with Gasteiger partial charge in [-0.2, -0.15) is 0 Å². The molecule has 5 heteroatoms. The molecule has 0 fully saturated rings. The summed E-state index contributed by atoms with van der Waals surface area (Å²) in [6, 6.07) is 0. The van der Waals surface area contributed by atoms with Crippen molar-refractivity contribution in [1.29, 1.82) is 0 Å². The molecule has 0 saturated heterocycles. The number of hydrogen-bond donors (Lipinski definition) is 2. The Labute approximate surface area is 103 Å². The third kappa shape index (κ3) is 10.2. The van der Waals surface area contributed by atoms with Gasteiger partial charge in [0.05, 0.1) is 5.54 Å². The molecule has 16 heavy (non-hydrogen) atoms. The van der Waals surface area contributed by atoms with Crippen molar-refractivity contribution < 1.29 is 0 Å². The van der Waals surface area contributed by atoms with Gasteiger partial charge in [0, 0.05) is 0 Å². The summed E-state index contributed by atoms with van der Waals surface area (Å²) in [6.07, 6.45) is 0. The Morgan fingerprint density at radius 2 is 1.12 bits per heavy atom. The first-order chi connectivity index (χ1) is 6.79. The number of hydrogen-bond acceptors (Lipinski definition) is 1. The molecule has 0 unspecified atom stereocenters. The molecule has 0 aromatic rings. The fraction of sp³-hybridized carbons (Fsp3) is 0.909. The molecule has 0 aromatic carbocycles. The number of aliphatic imine (C=N–C) groups is 1. The molecule has 2 N–H and O–H groups in total. The zero-order chi connectivity index (χ0) is 13.2. The predicted octanol–water partition coefficient (Wildman–Crippen LogP) is 2.99. The van der Waals surface area contributed by atoms with E-state index in [-0.39, 0.29) is 5.54 Å². The summed E-state index contributed by atoms with van der Waals surface area (Å²) in [5.74, 6) is 0.992. The lowest BCUT2D eigenvalue weighted by molar-refractivity contribution is 0.579. The highest BCUT2D eigenvalue weighted by Gasteiger charge is 2.22. The van der Waals surface area contributed by atoms with Crippen molar-refractivity contribution in [2.45, 2.75) is 65.6 Å². The van der Waals surface area contributed by atoms with Crippen molar-refractivity contribution in [1.82, 2.24) is 9.96 Å². The van der Waals surface area contributed by atoms with Crippen LogP contribution in [-0.4, -0.2) is 28.0 Å². The second kappa shape index (κ2) is 4.91. The van der Waals surface area contributed by atoms with Crippen LogP contribution in [0.3, 0.4) is 0 Å². The van der Waals surface area contributed by atoms with Gasteiger partial charge in [-0.1, -0.05) is 39.3 Å². The van der Waals surface area contributed by atoms with Crippen molar-refractivity contribution >= 4 is 22.4 Å². The highest BCUT2D eigenvalue weighted by atomic mass is 28.3. The average Bonchev–Trinajstić information content (AvgIpc) is 1.70. The van der Waals surface area contributed by atoms with Crippen LogP contribution in [0.5, 0.6) is 0 Å². The quantitative estimate of drug-likeness (QED) is 0.454. The largest absolute Gasteiger partial charge is 0.383 e. The van der Waals surface area contributed by atoms with Crippen LogP contribution in [0.4, 0.5) is 0 Å². The van der Waals surface area contributed by atoms with Gasteiger partial charge in [0.1, 0.15) is 16.5 Å². The fourth-order valence-electron chi connectivity index (χ4n) is 1.13. The van der Waals surface area contributed by atoms with Crippen LogP contribution in [0.15, 0.2) is 4.99 Å². The van der Waals surface area contributed by atoms with E-state index < -0.39 is 16.5 Å². The van der Waals surface area contributed by atoms with Crippen molar-refractivity contribution in [3.8, 4) is 0 Å². The van der Waals surface area contributed by atoms with Gasteiger partial charge in [0.15, 0.2) is 5.96 Å². The second-order valence-electron chi connectivity index (χ2n) is 7.38. The summed E-state index contributed by atoms with van der Waals surface area (Å²) in [7, 11) is -2.68. The molecule has 3 nitrogen and oxygen atoms in total. The first kappa shape index (κ1) is 15.7. The lowest BCUT2D eigenvalue weighted by atomic mass is 10.1. The summed E-state index contributed by atoms with van der Waals surface area (Å²) < 4.78 is 0. The van der Waals surface area contributed by atoms with Gasteiger partial charge in [0.25, 0.3) is 0 Å². The summed E-state index contributed by atoms with van der Waals surface area (Å²) in [6.45, 7) is 20.1. The SMILES string of the molecule is CC(C)(C)N=C(N[Si](C)(C)C)N[Si](C)(C)C. The zero-order valence-corrected chi connectivity index (χ0v) is 14.4. The van der Waals surface area contributed by atoms with Crippen LogP contribution < -0.4 is 9.96 Å². The van der Waals surface area contributed by atoms with Crippen LogP contribution in [0, 0.1) is 0 Å². The van der Waals surface area contributed by atoms with Gasteiger partial charge in [-0.3, -0.25) is 0 Å². The van der Waals surface area contributed by atoms with Gasteiger partial charge in [-0.05, 0) is 20.8 Å². The average molecular weight is 260 g/mol. The van der Waals surface area contributed by atoms with Gasteiger partial charge in [-0.15, -0.1) is 0 Å². The van der Waals surface area contributed by atoms with E-state index in [1.54, 1.807) is 0 Å². The molecular formula is C11H29N3Si2. The lowest BCUT2D eigenvalue weighted by Crippen LogP contribution is -2.58. The van der Waals surface area contributed by atoms with Crippen LogP contribution in [0.25, 0.3) is 0 Å². The molecule has 0 aliphatic carbocycles. The second-order valence-corrected chi connectivity index (χ2v) is 16.9. The Morgan fingerprint density at radius 1 is 0.812 bits per heavy atom. The van der Waals surface area contributed by atoms with Crippen molar-refractivity contribution in [2.75, 3.05) is 0 Å². The molecule has 0 bridgehead atoms. The molecule has 0 aliphatic heterocycles. The van der Waals surface area contributed by atoms with Crippen molar-refractivity contribution in [2.24, 2.45) is 4.99 Å². The summed E-state index contributed by atoms with van der Waals surface area (Å²) in [5, 5.41) is 0. The van der Waals surface area contributed by atoms with Gasteiger partial charge in [-0.25, -0.2) is 4.99 Å². The predicted molar refractivity (Wildman–Crippen MR) is 80.2 cm³/mol. The minimum absolute atomic E-state index is 0.0331. The Balaban J connectivity index is 4.87. The normalized spacial score (nSPS) is 13.3. The molecular weight excluding hydrogens is 230 g/mol. The zero-order valence-electron chi connectivity index (χ0n) is 12.4. The van der Waals surface area contributed by atoms with E-state index in [0.717, 1.165) is 5.96 Å². The van der Waals surface area contributed by atoms with Crippen molar-refractivity contribution in [3.05, 3.63) is 0 Å². The van der Waals surface area contributed by atoms with E-state index in [4.69, 9.17) is 4.99 Å². The molecule has 0 atom stereocenters. The first-order valence-corrected chi connectivity index (χ1v) is 12.9. The molecule has 0 spiro atoms. The molecule has 0 rings (SSSR count). The third-order valence-corrected chi connectivity index (χ3v) is 3.41. The van der Waals surface area contributed by atoms with Gasteiger partial charge < -0.3 is 9.96 Å². The minimum Gasteiger partial charge on any atom is -0.383 e. The maximum Gasteiger partial charge on any atom is 0.175 e. The summed E-state index contributed by atoms with van der Waals surface area (Å²) in [4.78, 5) is 11.9. The van der Waals surface area contributed by atoms with E-state index in [2.05, 4.69) is 70.0 Å². The molecule has 96 valence electrons. The van der Waals surface area contributed by atoms with Gasteiger partial charge >= 0.3 is 0 Å². The molecule has 0 heterocycles. The number of nitrogens with zero attached hydrogens (tertiary/aromatic N) is 1. The number of guanidine groups is 1. The molecule has 0 saturated carbocycles. The molecule has 0 amide bonds. The third-order valence-electron chi connectivity index (χ3n) is 1.43. The number of nitrogens with one attached hydrogen (secondary N) is 2. The lowest BCUT2D eigenvalue weighted by Gasteiger charge is -2.29. The topological polar surface area (TPSA) is 36.4 Å². The standard InChI is InChI=1S/C11H29N3Si2/c1-11(2,3)12-10(13-15(4,5)6)14-16(7,8)9/h1-9H3,(H2,12,13,14). The Morgan fingerprint density at radius 3 is 1.31 bits per heavy atom. The van der Waals surface area contributed by atoms with Crippen LogP contribution >= 0.6 is 0 Å². The van der Waals surface area contributed by atoms with E-state index in [0.29, 0.717) is 0 Å². The maximum atomic E-state index is 4.74. The van der Waals surface area contributed by atoms with Crippen LogP contribution in [-0.2, 0) is 0 Å². The van der Waals surface area contributed by atoms with Crippen LogP contribution in [0.1, 0.15) is 20.8 Å². The van der Waals surface area contributed by atoms with E-state index in [1.807, 2.05) is 0 Å². The summed E-state index contributed by atoms with van der Waals surface area (Å²) >= 11 is 0. The first-order valence-electron chi connectivity index (χ1n) is 5.95. The fourth-order valence-corrected chi connectivity index (χ4v) is 2.92. The Kier molecular flexibility index (Phi) is 4.82. The van der Waals surface area contributed by atoms with Crippen molar-refractivity contribution in [3.63, 3.8) is 0 Å². The van der Waals surface area contributed by atoms with Crippen LogP contribution in [0.2, 0.25) is 39.3 Å². The number of rotatable bonds is 2. The summed E-state index contributed by atoms with van der Waals surface area (Å²) in [5.41, 5.74) is -0.0331. The highest BCUT2D eigenvalue weighted by molar-refractivity contribution is 6.79. The smallest absolute Gasteiger partial charge is 0.175 e. The Bertz CT molecular complexity index is 236. The molecule has 0 aromatic heterocycles. The Hall–Kier alpha value is -0.296. The monoisotopic (exact) mass is 259 g/mol. The highest BCUT2D eigenvalue weighted by Crippen LogP contribution is 2.07. The molecule has 0 aliphatic rings. The minimum atomic E-state index is -1.34.